The van der Waals surface area contributed by atoms with Gasteiger partial charge in [-0.15, -0.1) is 0 Å². The van der Waals surface area contributed by atoms with Crippen LogP contribution in [0.2, 0.25) is 0 Å². The maximum atomic E-state index is 5.79. The van der Waals surface area contributed by atoms with Crippen molar-refractivity contribution in [1.29, 1.82) is 0 Å². The predicted molar refractivity (Wildman–Crippen MR) is 83.2 cm³/mol. The molecule has 0 aliphatic carbocycles. The molecule has 0 spiro atoms. The fourth-order valence-electron chi connectivity index (χ4n) is 2.81. The molecule has 2 heterocycles. The average Bonchev–Trinajstić information content (AvgIpc) is 2.44. The summed E-state index contributed by atoms with van der Waals surface area (Å²) in [4.78, 5) is 9.52. The molecule has 1 N–H and O–H groups in total. The van der Waals surface area contributed by atoms with Gasteiger partial charge >= 0.3 is 0 Å². The number of hydrogen-bond donors (Lipinski definition) is 1. The molecule has 2 aliphatic rings. The molecule has 0 aromatic rings. The van der Waals surface area contributed by atoms with Gasteiger partial charge in [0, 0.05) is 32.7 Å². The molecule has 2 fully saturated rings. The highest BCUT2D eigenvalue weighted by Crippen LogP contribution is 2.16. The first-order chi connectivity index (χ1) is 9.69. The topological polar surface area (TPSA) is 40.1 Å². The number of piperidine rings is 1. The second kappa shape index (κ2) is 7.84. The third-order valence-electron chi connectivity index (χ3n) is 4.20. The summed E-state index contributed by atoms with van der Waals surface area (Å²) in [6.07, 6.45) is 2.78. The van der Waals surface area contributed by atoms with Crippen LogP contribution in [0.3, 0.4) is 0 Å². The number of nitrogens with zero attached hydrogens (tertiary/aromatic N) is 3. The normalized spacial score (nSPS) is 26.9. The number of rotatable bonds is 3. The third-order valence-corrected chi connectivity index (χ3v) is 4.20. The molecule has 0 aromatic carbocycles. The van der Waals surface area contributed by atoms with Gasteiger partial charge in [-0.1, -0.05) is 6.92 Å². The lowest BCUT2D eigenvalue weighted by atomic mass is 10.00. The van der Waals surface area contributed by atoms with Gasteiger partial charge in [-0.3, -0.25) is 4.99 Å². The van der Waals surface area contributed by atoms with Gasteiger partial charge in [0.25, 0.3) is 0 Å². The molecule has 0 saturated carbocycles. The Hall–Kier alpha value is -0.810. The maximum Gasteiger partial charge on any atom is 0.194 e. The molecule has 2 aliphatic heterocycles. The zero-order chi connectivity index (χ0) is 14.4. The van der Waals surface area contributed by atoms with Crippen LogP contribution in [0.1, 0.15) is 26.7 Å². The number of likely N-dealkylation sites (N-methyl/N-ethyl adjacent to an activating group) is 1. The molecule has 1 unspecified atom stereocenters. The number of ether oxygens (including phenoxy) is 1. The summed E-state index contributed by atoms with van der Waals surface area (Å²) in [6, 6.07) is 0. The van der Waals surface area contributed by atoms with Crippen molar-refractivity contribution < 1.29 is 4.74 Å². The van der Waals surface area contributed by atoms with Gasteiger partial charge in [0.1, 0.15) is 0 Å². The molecule has 0 radical (unpaired) electrons. The van der Waals surface area contributed by atoms with E-state index in [1.165, 1.54) is 12.8 Å². The Balaban J connectivity index is 1.88. The van der Waals surface area contributed by atoms with Gasteiger partial charge in [0.05, 0.1) is 19.3 Å². The van der Waals surface area contributed by atoms with E-state index in [4.69, 9.17) is 9.73 Å². The summed E-state index contributed by atoms with van der Waals surface area (Å²) in [7, 11) is 2.15. The summed E-state index contributed by atoms with van der Waals surface area (Å²) in [5.41, 5.74) is 0. The lowest BCUT2D eigenvalue weighted by Gasteiger charge is -2.34. The van der Waals surface area contributed by atoms with Gasteiger partial charge in [0.15, 0.2) is 5.96 Å². The minimum atomic E-state index is 0.242. The Labute approximate surface area is 123 Å². The lowest BCUT2D eigenvalue weighted by Crippen LogP contribution is -2.46. The fourth-order valence-corrected chi connectivity index (χ4v) is 2.81. The van der Waals surface area contributed by atoms with Crippen LogP contribution in [0, 0.1) is 5.92 Å². The number of morpholine rings is 1. The van der Waals surface area contributed by atoms with Crippen LogP contribution in [0.15, 0.2) is 4.99 Å². The van der Waals surface area contributed by atoms with Crippen molar-refractivity contribution in [2.75, 3.05) is 52.9 Å². The summed E-state index contributed by atoms with van der Waals surface area (Å²) in [5.74, 6) is 1.92. The first-order valence-corrected chi connectivity index (χ1v) is 8.02. The minimum Gasteiger partial charge on any atom is -0.374 e. The van der Waals surface area contributed by atoms with Crippen molar-refractivity contribution in [3.8, 4) is 0 Å². The summed E-state index contributed by atoms with van der Waals surface area (Å²) >= 11 is 0. The van der Waals surface area contributed by atoms with Crippen LogP contribution in [-0.4, -0.2) is 74.8 Å². The minimum absolute atomic E-state index is 0.242. The summed E-state index contributed by atoms with van der Waals surface area (Å²) in [6.45, 7) is 11.3. The molecule has 0 amide bonds. The Morgan fingerprint density at radius 2 is 2.05 bits per heavy atom. The molecule has 5 nitrogen and oxygen atoms in total. The zero-order valence-electron chi connectivity index (χ0n) is 13.3. The molecule has 0 bridgehead atoms. The van der Waals surface area contributed by atoms with Gasteiger partial charge in [-0.05, 0) is 32.7 Å². The quantitative estimate of drug-likeness (QED) is 0.620. The van der Waals surface area contributed by atoms with Crippen LogP contribution in [0.5, 0.6) is 0 Å². The van der Waals surface area contributed by atoms with Crippen molar-refractivity contribution in [2.45, 2.75) is 32.8 Å². The number of hydrogen-bond acceptors (Lipinski definition) is 3. The van der Waals surface area contributed by atoms with E-state index < -0.39 is 0 Å². The van der Waals surface area contributed by atoms with Crippen LogP contribution < -0.4 is 5.32 Å². The van der Waals surface area contributed by atoms with Gasteiger partial charge in [-0.25, -0.2) is 0 Å². The van der Waals surface area contributed by atoms with E-state index in [0.717, 1.165) is 57.8 Å². The van der Waals surface area contributed by atoms with Gasteiger partial charge in [-0.2, -0.15) is 0 Å². The standard InChI is InChI=1S/C15H30N4O/c1-4-16-15(19-7-5-13(2)6-8-19)17-11-14-12-18(3)9-10-20-14/h13-14H,4-12H2,1-3H3,(H,16,17). The fraction of sp³-hybridized carbons (Fsp3) is 0.933. The van der Waals surface area contributed by atoms with Crippen molar-refractivity contribution in [2.24, 2.45) is 10.9 Å². The molecule has 20 heavy (non-hydrogen) atoms. The van der Waals surface area contributed by atoms with Crippen molar-refractivity contribution in [3.05, 3.63) is 0 Å². The van der Waals surface area contributed by atoms with Crippen LogP contribution in [-0.2, 0) is 4.74 Å². The SMILES string of the molecule is CCNC(=NCC1CN(C)CCO1)N1CCC(C)CC1. The van der Waals surface area contributed by atoms with Crippen LogP contribution in [0.4, 0.5) is 0 Å². The van der Waals surface area contributed by atoms with E-state index >= 15 is 0 Å². The Morgan fingerprint density at radius 3 is 2.70 bits per heavy atom. The molecule has 116 valence electrons. The van der Waals surface area contributed by atoms with E-state index in [-0.39, 0.29) is 6.10 Å². The molecule has 2 rings (SSSR count). The van der Waals surface area contributed by atoms with E-state index in [1.54, 1.807) is 0 Å². The Kier molecular flexibility index (Phi) is 6.10. The van der Waals surface area contributed by atoms with E-state index in [0.29, 0.717) is 0 Å². The number of guanidine groups is 1. The van der Waals surface area contributed by atoms with Crippen molar-refractivity contribution in [3.63, 3.8) is 0 Å². The zero-order valence-corrected chi connectivity index (χ0v) is 13.3. The van der Waals surface area contributed by atoms with Crippen molar-refractivity contribution >= 4 is 5.96 Å². The second-order valence-electron chi connectivity index (χ2n) is 6.12. The van der Waals surface area contributed by atoms with E-state index in [9.17, 15) is 0 Å². The van der Waals surface area contributed by atoms with E-state index in [2.05, 4.69) is 36.0 Å². The summed E-state index contributed by atoms with van der Waals surface area (Å²) < 4.78 is 5.79. The molecular formula is C15H30N4O. The smallest absolute Gasteiger partial charge is 0.194 e. The number of aliphatic imine (C=N–C) groups is 1. The molecule has 0 aromatic heterocycles. The third kappa shape index (κ3) is 4.63. The Morgan fingerprint density at radius 1 is 1.30 bits per heavy atom. The van der Waals surface area contributed by atoms with Crippen LogP contribution >= 0.6 is 0 Å². The molecular weight excluding hydrogens is 252 g/mol. The molecule has 5 heteroatoms. The van der Waals surface area contributed by atoms with Gasteiger partial charge < -0.3 is 19.9 Å². The number of nitrogens with one attached hydrogen (secondary N) is 1. The number of likely N-dealkylation sites (tertiary alicyclic amines) is 1. The Bertz CT molecular complexity index is 313. The monoisotopic (exact) mass is 282 g/mol. The largest absolute Gasteiger partial charge is 0.374 e. The average molecular weight is 282 g/mol. The van der Waals surface area contributed by atoms with E-state index in [1.807, 2.05) is 0 Å². The van der Waals surface area contributed by atoms with Crippen LogP contribution in [0.25, 0.3) is 0 Å². The molecule has 1 atom stereocenters. The second-order valence-corrected chi connectivity index (χ2v) is 6.12. The summed E-state index contributed by atoms with van der Waals surface area (Å²) in [5, 5.41) is 3.42. The first kappa shape index (κ1) is 15.6. The molecule has 2 saturated heterocycles. The predicted octanol–water partition coefficient (Wildman–Crippen LogP) is 1.01. The highest BCUT2D eigenvalue weighted by Gasteiger charge is 2.20. The van der Waals surface area contributed by atoms with Gasteiger partial charge in [0.2, 0.25) is 0 Å². The first-order valence-electron chi connectivity index (χ1n) is 8.02. The lowest BCUT2D eigenvalue weighted by molar-refractivity contribution is -0.0137. The van der Waals surface area contributed by atoms with Crippen molar-refractivity contribution in [1.82, 2.24) is 15.1 Å². The highest BCUT2D eigenvalue weighted by molar-refractivity contribution is 5.80. The maximum absolute atomic E-state index is 5.79. The highest BCUT2D eigenvalue weighted by atomic mass is 16.5.